The molecule has 0 radical (unpaired) electrons. The molecule has 1 unspecified atom stereocenters. The Morgan fingerprint density at radius 3 is 2.74 bits per heavy atom. The lowest BCUT2D eigenvalue weighted by Gasteiger charge is -2.23. The highest BCUT2D eigenvalue weighted by atomic mass is 19.1. The number of ether oxygens (including phenoxy) is 2. The Morgan fingerprint density at radius 2 is 2.16 bits per heavy atom. The number of carboxylic acid groups (broad SMARTS) is 1. The predicted molar refractivity (Wildman–Crippen MR) is 65.4 cm³/mol. The first-order valence-corrected chi connectivity index (χ1v) is 6.10. The van der Waals surface area contributed by atoms with Gasteiger partial charge in [0.1, 0.15) is 12.1 Å². The largest absolute Gasteiger partial charge is 0.487 e. The first kappa shape index (κ1) is 13.8. The van der Waals surface area contributed by atoms with Crippen molar-refractivity contribution in [1.29, 1.82) is 0 Å². The van der Waals surface area contributed by atoms with E-state index < -0.39 is 17.8 Å². The Balaban J connectivity index is 2.08. The van der Waals surface area contributed by atoms with Crippen LogP contribution in [0.25, 0.3) is 0 Å². The van der Waals surface area contributed by atoms with Gasteiger partial charge in [0, 0.05) is 12.8 Å². The van der Waals surface area contributed by atoms with Gasteiger partial charge in [-0.15, -0.1) is 0 Å². The Labute approximate surface area is 110 Å². The van der Waals surface area contributed by atoms with Gasteiger partial charge in [-0.05, 0) is 17.7 Å². The standard InChI is InChI=1S/C13H16FNO4/c14-10-7-8(12(15)13(16)17)1-2-11(10)19-9-3-5-18-6-4-9/h1-2,7,9,12H,3-6,15H2,(H,16,17). The maximum Gasteiger partial charge on any atom is 0.325 e. The van der Waals surface area contributed by atoms with Crippen LogP contribution in [-0.4, -0.2) is 30.4 Å². The fraction of sp³-hybridized carbons (Fsp3) is 0.462. The van der Waals surface area contributed by atoms with Crippen LogP contribution in [0.15, 0.2) is 18.2 Å². The minimum atomic E-state index is -1.23. The number of hydrogen-bond donors (Lipinski definition) is 2. The summed E-state index contributed by atoms with van der Waals surface area (Å²) in [7, 11) is 0. The molecule has 19 heavy (non-hydrogen) atoms. The molecule has 0 amide bonds. The molecule has 0 aromatic heterocycles. The van der Waals surface area contributed by atoms with Crippen molar-refractivity contribution in [3.63, 3.8) is 0 Å². The molecule has 0 aliphatic carbocycles. The lowest BCUT2D eigenvalue weighted by atomic mass is 10.1. The minimum absolute atomic E-state index is 0.0674. The third-order valence-electron chi connectivity index (χ3n) is 3.04. The summed E-state index contributed by atoms with van der Waals surface area (Å²) in [5.41, 5.74) is 5.63. The fourth-order valence-corrected chi connectivity index (χ4v) is 1.92. The molecule has 1 atom stereocenters. The van der Waals surface area contributed by atoms with E-state index in [2.05, 4.69) is 0 Å². The van der Waals surface area contributed by atoms with Gasteiger partial charge in [0.05, 0.1) is 13.2 Å². The topological polar surface area (TPSA) is 81.8 Å². The van der Waals surface area contributed by atoms with Crippen LogP contribution in [0.2, 0.25) is 0 Å². The van der Waals surface area contributed by atoms with E-state index in [4.69, 9.17) is 20.3 Å². The highest BCUT2D eigenvalue weighted by Gasteiger charge is 2.19. The van der Waals surface area contributed by atoms with E-state index in [1.807, 2.05) is 0 Å². The smallest absolute Gasteiger partial charge is 0.325 e. The van der Waals surface area contributed by atoms with Crippen LogP contribution in [0.5, 0.6) is 5.75 Å². The van der Waals surface area contributed by atoms with Crippen molar-refractivity contribution in [3.05, 3.63) is 29.6 Å². The second kappa shape index (κ2) is 5.99. The van der Waals surface area contributed by atoms with Crippen LogP contribution in [0.3, 0.4) is 0 Å². The van der Waals surface area contributed by atoms with E-state index in [0.29, 0.717) is 13.2 Å². The summed E-state index contributed by atoms with van der Waals surface area (Å²) in [6, 6.07) is 2.76. The normalized spacial score (nSPS) is 18.0. The van der Waals surface area contributed by atoms with Crippen LogP contribution in [0.4, 0.5) is 4.39 Å². The highest BCUT2D eigenvalue weighted by Crippen LogP contribution is 2.24. The number of rotatable bonds is 4. The summed E-state index contributed by atoms with van der Waals surface area (Å²) < 4.78 is 24.6. The van der Waals surface area contributed by atoms with E-state index in [9.17, 15) is 9.18 Å². The van der Waals surface area contributed by atoms with Gasteiger partial charge in [0.25, 0.3) is 0 Å². The van der Waals surface area contributed by atoms with E-state index in [1.165, 1.54) is 12.1 Å². The van der Waals surface area contributed by atoms with Crippen LogP contribution in [0.1, 0.15) is 24.4 Å². The van der Waals surface area contributed by atoms with Gasteiger partial charge in [0.15, 0.2) is 11.6 Å². The van der Waals surface area contributed by atoms with E-state index in [-0.39, 0.29) is 17.4 Å². The second-order valence-electron chi connectivity index (χ2n) is 4.44. The Morgan fingerprint density at radius 1 is 1.47 bits per heavy atom. The Kier molecular flexibility index (Phi) is 4.34. The maximum absolute atomic E-state index is 13.8. The van der Waals surface area contributed by atoms with Crippen LogP contribution < -0.4 is 10.5 Å². The molecular formula is C13H16FNO4. The molecule has 1 aliphatic heterocycles. The van der Waals surface area contributed by atoms with Crippen LogP contribution in [-0.2, 0) is 9.53 Å². The molecule has 1 heterocycles. The van der Waals surface area contributed by atoms with Crippen molar-refractivity contribution in [3.8, 4) is 5.75 Å². The van der Waals surface area contributed by atoms with Gasteiger partial charge < -0.3 is 20.3 Å². The van der Waals surface area contributed by atoms with E-state index in [1.54, 1.807) is 0 Å². The van der Waals surface area contributed by atoms with Crippen LogP contribution >= 0.6 is 0 Å². The first-order chi connectivity index (χ1) is 9.08. The summed E-state index contributed by atoms with van der Waals surface area (Å²) in [5, 5.41) is 8.76. The third-order valence-corrected chi connectivity index (χ3v) is 3.04. The van der Waals surface area contributed by atoms with Crippen molar-refractivity contribution >= 4 is 5.97 Å². The van der Waals surface area contributed by atoms with Crippen LogP contribution in [0, 0.1) is 5.82 Å². The average Bonchev–Trinajstić information content (AvgIpc) is 2.41. The zero-order chi connectivity index (χ0) is 13.8. The number of carboxylic acids is 1. The van der Waals surface area contributed by atoms with Crippen molar-refractivity contribution in [2.24, 2.45) is 5.73 Å². The number of halogens is 1. The number of carbonyl (C=O) groups is 1. The predicted octanol–water partition coefficient (Wildman–Crippen LogP) is 1.47. The summed E-state index contributed by atoms with van der Waals surface area (Å²) in [5.74, 6) is -1.67. The third kappa shape index (κ3) is 3.42. The Bertz CT molecular complexity index is 460. The van der Waals surface area contributed by atoms with Gasteiger partial charge in [-0.2, -0.15) is 0 Å². The molecule has 6 heteroatoms. The number of aliphatic carboxylic acids is 1. The molecular weight excluding hydrogens is 253 g/mol. The molecule has 1 fully saturated rings. The molecule has 2 rings (SSSR count). The molecule has 1 aromatic carbocycles. The summed E-state index contributed by atoms with van der Waals surface area (Å²) in [4.78, 5) is 10.7. The van der Waals surface area contributed by atoms with E-state index >= 15 is 0 Å². The van der Waals surface area contributed by atoms with Crippen molar-refractivity contribution in [2.75, 3.05) is 13.2 Å². The quantitative estimate of drug-likeness (QED) is 0.865. The van der Waals surface area contributed by atoms with Gasteiger partial charge in [-0.25, -0.2) is 4.39 Å². The molecule has 0 bridgehead atoms. The maximum atomic E-state index is 13.8. The molecule has 0 saturated carbocycles. The van der Waals surface area contributed by atoms with Gasteiger partial charge in [-0.3, -0.25) is 4.79 Å². The number of benzene rings is 1. The highest BCUT2D eigenvalue weighted by molar-refractivity contribution is 5.75. The minimum Gasteiger partial charge on any atom is -0.487 e. The first-order valence-electron chi connectivity index (χ1n) is 6.10. The van der Waals surface area contributed by atoms with Crippen molar-refractivity contribution in [1.82, 2.24) is 0 Å². The van der Waals surface area contributed by atoms with Crippen molar-refractivity contribution in [2.45, 2.75) is 25.0 Å². The fourth-order valence-electron chi connectivity index (χ4n) is 1.92. The van der Waals surface area contributed by atoms with Crippen molar-refractivity contribution < 1.29 is 23.8 Å². The molecule has 5 nitrogen and oxygen atoms in total. The number of hydrogen-bond acceptors (Lipinski definition) is 4. The number of nitrogens with two attached hydrogens (primary N) is 1. The van der Waals surface area contributed by atoms with Gasteiger partial charge in [-0.1, -0.05) is 6.07 Å². The lowest BCUT2D eigenvalue weighted by Crippen LogP contribution is -2.26. The summed E-state index contributed by atoms with van der Waals surface area (Å²) >= 11 is 0. The molecule has 1 saturated heterocycles. The SMILES string of the molecule is NC(C(=O)O)c1ccc(OC2CCOCC2)c(F)c1. The zero-order valence-electron chi connectivity index (χ0n) is 10.3. The zero-order valence-corrected chi connectivity index (χ0v) is 10.3. The average molecular weight is 269 g/mol. The summed E-state index contributed by atoms with van der Waals surface area (Å²) in [6.45, 7) is 1.21. The lowest BCUT2D eigenvalue weighted by molar-refractivity contribution is -0.138. The van der Waals surface area contributed by atoms with E-state index in [0.717, 1.165) is 18.9 Å². The van der Waals surface area contributed by atoms with Gasteiger partial charge >= 0.3 is 5.97 Å². The molecule has 0 spiro atoms. The Hall–Kier alpha value is -1.66. The molecule has 3 N–H and O–H groups in total. The molecule has 1 aliphatic rings. The van der Waals surface area contributed by atoms with Gasteiger partial charge in [0.2, 0.25) is 0 Å². The molecule has 104 valence electrons. The summed E-state index contributed by atoms with van der Waals surface area (Å²) in [6.07, 6.45) is 1.37. The molecule has 1 aromatic rings. The monoisotopic (exact) mass is 269 g/mol. The second-order valence-corrected chi connectivity index (χ2v) is 4.44.